The van der Waals surface area contributed by atoms with Gasteiger partial charge < -0.3 is 67.0 Å². The Balaban J connectivity index is 0.549. The van der Waals surface area contributed by atoms with E-state index in [2.05, 4.69) is 98.1 Å². The maximum absolute atomic E-state index is 15.8. The number of anilines is 3. The van der Waals surface area contributed by atoms with Gasteiger partial charge in [0.1, 0.15) is 41.7 Å². The Hall–Kier alpha value is -7.09. The fraction of sp³-hybridized carbons (Fsp3) is 0.685. The number of benzene rings is 2. The molecule has 7 heterocycles. The first kappa shape index (κ1) is 72.2. The molecule has 536 valence electrons. The van der Waals surface area contributed by atoms with Crippen molar-refractivity contribution in [3.63, 3.8) is 0 Å². The lowest BCUT2D eigenvalue weighted by Crippen LogP contribution is -2.66. The van der Waals surface area contributed by atoms with Crippen LogP contribution in [0, 0.1) is 28.4 Å². The molecule has 8 aliphatic rings. The minimum absolute atomic E-state index is 0.0108. The van der Waals surface area contributed by atoms with E-state index in [1.165, 1.54) is 24.0 Å². The molecule has 6 atom stereocenters. The van der Waals surface area contributed by atoms with Gasteiger partial charge >= 0.3 is 0 Å². The highest BCUT2D eigenvalue weighted by molar-refractivity contribution is 5.94. The van der Waals surface area contributed by atoms with E-state index in [0.29, 0.717) is 89.4 Å². The zero-order chi connectivity index (χ0) is 69.0. The molecular weight excluding hydrogens is 1250 g/mol. The van der Waals surface area contributed by atoms with Crippen molar-refractivity contribution >= 4 is 58.7 Å². The highest BCUT2D eigenvalue weighted by atomic mass is 19.1. The number of likely N-dealkylation sites (N-methyl/N-ethyl adjacent to an activating group) is 1. The van der Waals surface area contributed by atoms with E-state index < -0.39 is 41.3 Å². The van der Waals surface area contributed by atoms with Gasteiger partial charge in [-0.3, -0.25) is 38.5 Å². The third kappa shape index (κ3) is 18.9. The second-order valence-corrected chi connectivity index (χ2v) is 30.5. The van der Waals surface area contributed by atoms with E-state index in [1.54, 1.807) is 23.8 Å². The van der Waals surface area contributed by atoms with Crippen LogP contribution in [0.2, 0.25) is 0 Å². The highest BCUT2D eigenvalue weighted by Gasteiger charge is 2.47. The van der Waals surface area contributed by atoms with Gasteiger partial charge in [-0.15, -0.1) is 0 Å². The molecule has 0 unspecified atom stereocenters. The number of fused-ring (bicyclic) bond motifs is 1. The summed E-state index contributed by atoms with van der Waals surface area (Å²) in [6, 6.07) is 9.74. The summed E-state index contributed by atoms with van der Waals surface area (Å²) in [5.41, 5.74) is 2.61. The van der Waals surface area contributed by atoms with Crippen molar-refractivity contribution in [1.29, 1.82) is 0 Å². The van der Waals surface area contributed by atoms with Gasteiger partial charge in [-0.2, -0.15) is 0 Å². The molecule has 7 fully saturated rings. The third-order valence-corrected chi connectivity index (χ3v) is 22.7. The van der Waals surface area contributed by atoms with E-state index in [9.17, 15) is 33.6 Å². The van der Waals surface area contributed by atoms with E-state index in [-0.39, 0.29) is 102 Å². The fourth-order valence-corrected chi connectivity index (χ4v) is 16.5. The Kier molecular flexibility index (Phi) is 24.3. The van der Waals surface area contributed by atoms with Gasteiger partial charge in [0.05, 0.1) is 29.9 Å². The van der Waals surface area contributed by atoms with E-state index in [0.717, 1.165) is 141 Å². The molecule has 2 spiro atoms. The number of piperazine rings is 1. The average Bonchev–Trinajstić information content (AvgIpc) is 1.29. The molecule has 0 radical (unpaired) electrons. The number of carbonyl (C=O) groups is 7. The summed E-state index contributed by atoms with van der Waals surface area (Å²) in [6.07, 6.45) is 16.3. The number of carbonyl (C=O) groups excluding carboxylic acids is 7. The maximum Gasteiger partial charge on any atom is 0.246 e. The molecule has 0 bridgehead atoms. The van der Waals surface area contributed by atoms with Crippen LogP contribution in [0.5, 0.6) is 0 Å². The van der Waals surface area contributed by atoms with Crippen molar-refractivity contribution in [2.75, 3.05) is 127 Å². The van der Waals surface area contributed by atoms with Crippen molar-refractivity contribution in [1.82, 2.24) is 66.8 Å². The van der Waals surface area contributed by atoms with E-state index >= 15 is 8.78 Å². The zero-order valence-electron chi connectivity index (χ0n) is 58.4. The number of hydrogen-bond acceptors (Lipinski definition) is 16. The number of hydrogen-bond donors (Lipinski definition) is 8. The number of amides is 7. The van der Waals surface area contributed by atoms with Gasteiger partial charge in [-0.1, -0.05) is 57.4 Å². The molecule has 11 rings (SSSR count). The average molecular weight is 1360 g/mol. The van der Waals surface area contributed by atoms with Gasteiger partial charge in [-0.05, 0) is 171 Å². The molecule has 8 N–H and O–H groups in total. The van der Waals surface area contributed by atoms with Crippen molar-refractivity contribution in [3.8, 4) is 0 Å². The van der Waals surface area contributed by atoms with E-state index in [1.807, 2.05) is 18.2 Å². The van der Waals surface area contributed by atoms with Crippen LogP contribution >= 0.6 is 0 Å². The fourth-order valence-electron chi connectivity index (χ4n) is 16.5. The number of nitrogens with one attached hydrogen (secondary N) is 8. The molecule has 23 nitrogen and oxygen atoms in total. The van der Waals surface area contributed by atoms with Crippen LogP contribution < -0.4 is 52.3 Å². The summed E-state index contributed by atoms with van der Waals surface area (Å²) < 4.78 is 31.3. The molecule has 1 saturated carbocycles. The Morgan fingerprint density at radius 3 is 2.17 bits per heavy atom. The van der Waals surface area contributed by atoms with Crippen LogP contribution in [0.4, 0.5) is 26.1 Å². The van der Waals surface area contributed by atoms with Crippen LogP contribution in [0.3, 0.4) is 0 Å². The summed E-state index contributed by atoms with van der Waals surface area (Å²) in [6.45, 7) is 17.0. The summed E-state index contributed by atoms with van der Waals surface area (Å²) in [5.74, 6) is -1.16. The number of rotatable bonds is 27. The lowest BCUT2D eigenvalue weighted by atomic mass is 9.82. The molecule has 7 amide bonds. The normalized spacial score (nSPS) is 24.2. The largest absolute Gasteiger partial charge is 0.370 e. The number of piperidine rings is 2. The molecule has 6 saturated heterocycles. The van der Waals surface area contributed by atoms with Crippen LogP contribution in [0.15, 0.2) is 48.8 Å². The topological polar surface area (TPSA) is 261 Å². The van der Waals surface area contributed by atoms with Gasteiger partial charge in [-0.25, -0.2) is 18.7 Å². The van der Waals surface area contributed by atoms with Crippen molar-refractivity contribution in [2.45, 2.75) is 191 Å². The van der Waals surface area contributed by atoms with Crippen LogP contribution in [-0.2, 0) is 46.5 Å². The van der Waals surface area contributed by atoms with Crippen LogP contribution in [-0.4, -0.2) is 212 Å². The first-order valence-corrected chi connectivity index (χ1v) is 36.7. The molecule has 3 aromatic rings. The molecule has 1 aromatic heterocycles. The number of aromatic nitrogens is 2. The number of aryl methyl sites for hydroxylation is 1. The predicted octanol–water partition coefficient (Wildman–Crippen LogP) is 5.30. The molecule has 25 heteroatoms. The van der Waals surface area contributed by atoms with Crippen molar-refractivity contribution in [2.24, 2.45) is 16.7 Å². The lowest BCUT2D eigenvalue weighted by molar-refractivity contribution is -0.143. The van der Waals surface area contributed by atoms with Crippen LogP contribution in [0.1, 0.15) is 165 Å². The second kappa shape index (κ2) is 32.9. The van der Waals surface area contributed by atoms with Gasteiger partial charge in [0.15, 0.2) is 0 Å². The zero-order valence-corrected chi connectivity index (χ0v) is 58.4. The number of nitrogens with zero attached hydrogens (tertiary/aromatic N) is 8. The standard InChI is InChI=1S/C73H108F2N16O7/c1-50(76-4)68(96)84-67(52-14-6-5-7-15-52)70(98)91-44-54(40-60(91)69(97)83-58-18-10-16-51-13-8-9-17-55(51)58)82-65(94)20-19-63(92)79-30-12-31-87-35-24-72(46-87)25-36-88(47-72)32-21-64(93)78-29-11-28-77-61-42-62(81-49-80-61)89-37-26-73(27-38-89)48-90(45-66(95)85-73)59-41-56(74)53(39-57(59)75)43-86-33-22-71(2,3)23-34-86/h8-9,13,17,39,41-42,49-50,52,54,58,60,67,76H,5-7,10-12,14-16,18-38,40,43-48H2,1-4H3,(H,78,93)(H,79,92)(H,82,94)(H,83,97)(H,84,96)(H,85,95)(H,77,80,81)/t50-,54-,58+,60-,67-,72-/m0/s1. The Morgan fingerprint density at radius 2 is 1.42 bits per heavy atom. The van der Waals surface area contributed by atoms with Crippen molar-refractivity contribution in [3.05, 3.63) is 77.1 Å². The SMILES string of the molecule is CN[C@@H](C)C(=O)N[C@H](C(=O)N1C[C@@H](NC(=O)CCC(=O)NCCCN2CC[C@]3(CCN(CCC(=O)NCCCNc4cc(N5CCC6(CC5)CN(c5cc(F)c(CN7CCC(C)(C)CC7)cc5F)CC(=O)N6)ncn4)C3)C2)C[C@H]1C(=O)N[C@@H]1CCCc2ccccc21)C1CCCCC1. The predicted molar refractivity (Wildman–Crippen MR) is 373 cm³/mol. The first-order valence-electron chi connectivity index (χ1n) is 36.7. The van der Waals surface area contributed by atoms with Gasteiger partial charge in [0.2, 0.25) is 41.4 Å². The lowest BCUT2D eigenvalue weighted by Gasteiger charge is -2.48. The number of likely N-dealkylation sites (tertiary alicyclic amines) is 4. The minimum Gasteiger partial charge on any atom is -0.370 e. The summed E-state index contributed by atoms with van der Waals surface area (Å²) >= 11 is 0. The molecule has 2 aromatic carbocycles. The number of halogens is 2. The molecule has 6 aliphatic heterocycles. The van der Waals surface area contributed by atoms with Gasteiger partial charge in [0, 0.05) is 115 Å². The highest BCUT2D eigenvalue weighted by Crippen LogP contribution is 2.40. The Morgan fingerprint density at radius 1 is 0.714 bits per heavy atom. The smallest absolute Gasteiger partial charge is 0.246 e. The third-order valence-electron chi connectivity index (χ3n) is 22.7. The minimum atomic E-state index is -0.852. The summed E-state index contributed by atoms with van der Waals surface area (Å²) in [4.78, 5) is 117. The summed E-state index contributed by atoms with van der Waals surface area (Å²) in [7, 11) is 1.70. The molecular formula is C73H108F2N16O7. The monoisotopic (exact) mass is 1360 g/mol. The maximum atomic E-state index is 15.8. The second-order valence-electron chi connectivity index (χ2n) is 30.5. The van der Waals surface area contributed by atoms with Gasteiger partial charge in [0.25, 0.3) is 0 Å². The Bertz CT molecular complexity index is 3280. The van der Waals surface area contributed by atoms with Crippen molar-refractivity contribution < 1.29 is 42.3 Å². The van der Waals surface area contributed by atoms with Crippen LogP contribution in [0.25, 0.3) is 0 Å². The molecule has 98 heavy (non-hydrogen) atoms. The molecule has 2 aliphatic carbocycles. The first-order chi connectivity index (χ1) is 47.2. The summed E-state index contributed by atoms with van der Waals surface area (Å²) in [5, 5.41) is 25.0. The Labute approximate surface area is 577 Å². The quantitative estimate of drug-likeness (QED) is 0.0451. The van der Waals surface area contributed by atoms with E-state index in [4.69, 9.17) is 0 Å².